The van der Waals surface area contributed by atoms with Crippen molar-refractivity contribution in [3.63, 3.8) is 0 Å². The first-order chi connectivity index (χ1) is 10.1. The van der Waals surface area contributed by atoms with Crippen LogP contribution in [0.25, 0.3) is 0 Å². The van der Waals surface area contributed by atoms with Crippen LogP contribution in [0.15, 0.2) is 24.4 Å². The summed E-state index contributed by atoms with van der Waals surface area (Å²) in [4.78, 5) is 12.6. The maximum absolute atomic E-state index is 13.8. The van der Waals surface area contributed by atoms with Gasteiger partial charge in [-0.25, -0.2) is 4.39 Å². The molecule has 1 aromatic carbocycles. The molecule has 0 N–H and O–H groups in total. The van der Waals surface area contributed by atoms with Gasteiger partial charge in [-0.1, -0.05) is 6.92 Å². The lowest BCUT2D eigenvalue weighted by atomic mass is 10.1. The molecule has 0 saturated carbocycles. The highest BCUT2D eigenvalue weighted by atomic mass is 19.1. The molecule has 0 aliphatic carbocycles. The highest BCUT2D eigenvalue weighted by Gasteiger charge is 2.21. The molecule has 5 nitrogen and oxygen atoms in total. The Morgan fingerprint density at radius 1 is 1.29 bits per heavy atom. The maximum atomic E-state index is 13.8. The molecule has 0 amide bonds. The average molecular weight is 292 g/mol. The van der Waals surface area contributed by atoms with E-state index in [1.807, 2.05) is 6.92 Å². The van der Waals surface area contributed by atoms with E-state index in [0.717, 1.165) is 12.5 Å². The summed E-state index contributed by atoms with van der Waals surface area (Å²) in [6.07, 6.45) is 2.31. The van der Waals surface area contributed by atoms with E-state index in [9.17, 15) is 9.18 Å². The van der Waals surface area contributed by atoms with Crippen LogP contribution in [0.1, 0.15) is 29.4 Å². The minimum atomic E-state index is -0.580. The third-order valence-corrected chi connectivity index (χ3v) is 3.09. The van der Waals surface area contributed by atoms with E-state index in [-0.39, 0.29) is 17.1 Å². The summed E-state index contributed by atoms with van der Waals surface area (Å²) >= 11 is 0. The second-order valence-electron chi connectivity index (χ2n) is 4.46. The number of nitrogens with zero attached hydrogens (tertiary/aromatic N) is 2. The number of halogens is 1. The number of aryl methyl sites for hydroxylation is 1. The number of ketones is 1. The molecule has 2 rings (SSSR count). The Morgan fingerprint density at radius 2 is 2.00 bits per heavy atom. The number of methoxy groups -OCH3 is 2. The summed E-state index contributed by atoms with van der Waals surface area (Å²) in [5, 5.41) is 4.13. The first-order valence-corrected chi connectivity index (χ1v) is 6.60. The van der Waals surface area contributed by atoms with Crippen molar-refractivity contribution in [2.45, 2.75) is 19.9 Å². The fourth-order valence-electron chi connectivity index (χ4n) is 2.07. The van der Waals surface area contributed by atoms with E-state index >= 15 is 0 Å². The van der Waals surface area contributed by atoms with Gasteiger partial charge in [-0.3, -0.25) is 9.48 Å². The average Bonchev–Trinajstić information content (AvgIpc) is 2.89. The van der Waals surface area contributed by atoms with Gasteiger partial charge in [0.05, 0.1) is 20.4 Å². The minimum Gasteiger partial charge on any atom is -0.494 e. The lowest BCUT2D eigenvalue weighted by Crippen LogP contribution is -2.13. The molecule has 0 atom stereocenters. The van der Waals surface area contributed by atoms with E-state index in [4.69, 9.17) is 9.47 Å². The lowest BCUT2D eigenvalue weighted by molar-refractivity contribution is 0.102. The number of benzene rings is 1. The zero-order chi connectivity index (χ0) is 15.4. The van der Waals surface area contributed by atoms with Crippen LogP contribution in [-0.2, 0) is 6.54 Å². The number of aromatic nitrogens is 2. The zero-order valence-corrected chi connectivity index (χ0v) is 12.2. The Balaban J connectivity index is 2.44. The highest BCUT2D eigenvalue weighted by molar-refractivity contribution is 6.09. The van der Waals surface area contributed by atoms with Gasteiger partial charge >= 0.3 is 0 Å². The van der Waals surface area contributed by atoms with Gasteiger partial charge in [0, 0.05) is 12.1 Å². The summed E-state index contributed by atoms with van der Waals surface area (Å²) in [7, 11) is 2.85. The summed E-state index contributed by atoms with van der Waals surface area (Å²) in [6.45, 7) is 2.57. The van der Waals surface area contributed by atoms with Crippen LogP contribution in [0.4, 0.5) is 4.39 Å². The highest BCUT2D eigenvalue weighted by Crippen LogP contribution is 2.24. The number of ether oxygens (including phenoxy) is 2. The minimum absolute atomic E-state index is 0.0978. The van der Waals surface area contributed by atoms with Crippen molar-refractivity contribution in [3.05, 3.63) is 41.5 Å². The number of hydrogen-bond acceptors (Lipinski definition) is 4. The number of carbonyl (C=O) groups excluding carboxylic acids is 1. The van der Waals surface area contributed by atoms with Crippen LogP contribution in [0.3, 0.4) is 0 Å². The van der Waals surface area contributed by atoms with Gasteiger partial charge in [-0.15, -0.1) is 0 Å². The Bertz CT molecular complexity index is 652. The molecule has 0 radical (unpaired) electrons. The Morgan fingerprint density at radius 3 is 2.57 bits per heavy atom. The number of carbonyl (C=O) groups is 1. The van der Waals surface area contributed by atoms with E-state index in [2.05, 4.69) is 5.10 Å². The van der Waals surface area contributed by atoms with Crippen molar-refractivity contribution in [3.8, 4) is 11.5 Å². The molecule has 1 aromatic heterocycles. The van der Waals surface area contributed by atoms with Crippen molar-refractivity contribution in [2.75, 3.05) is 14.2 Å². The fraction of sp³-hybridized carbons (Fsp3) is 0.333. The lowest BCUT2D eigenvalue weighted by Gasteiger charge is -2.08. The van der Waals surface area contributed by atoms with E-state index in [1.54, 1.807) is 4.68 Å². The monoisotopic (exact) mass is 292 g/mol. The van der Waals surface area contributed by atoms with Crippen LogP contribution in [-0.4, -0.2) is 29.8 Å². The van der Waals surface area contributed by atoms with Crippen molar-refractivity contribution in [1.29, 1.82) is 0 Å². The standard InChI is InChI=1S/C15H17FN2O3/c1-4-7-18-14(13(21-3)9-17-18)15(19)10-5-6-12(20-2)11(16)8-10/h5-6,8-9H,4,7H2,1-3H3. The van der Waals surface area contributed by atoms with Crippen molar-refractivity contribution in [2.24, 2.45) is 0 Å². The summed E-state index contributed by atoms with van der Waals surface area (Å²) in [5.41, 5.74) is 0.549. The SMILES string of the molecule is CCCn1ncc(OC)c1C(=O)c1ccc(OC)c(F)c1. The van der Waals surface area contributed by atoms with Crippen molar-refractivity contribution >= 4 is 5.78 Å². The van der Waals surface area contributed by atoms with Crippen molar-refractivity contribution < 1.29 is 18.7 Å². The number of rotatable bonds is 6. The van der Waals surface area contributed by atoms with Gasteiger partial charge in [0.15, 0.2) is 23.0 Å². The smallest absolute Gasteiger partial charge is 0.214 e. The van der Waals surface area contributed by atoms with Crippen LogP contribution in [0.2, 0.25) is 0 Å². The zero-order valence-electron chi connectivity index (χ0n) is 12.2. The topological polar surface area (TPSA) is 53.4 Å². The molecule has 0 spiro atoms. The van der Waals surface area contributed by atoms with Gasteiger partial charge in [0.2, 0.25) is 5.78 Å². The summed E-state index contributed by atoms with van der Waals surface area (Å²) in [5.74, 6) is -0.437. The second-order valence-corrected chi connectivity index (χ2v) is 4.46. The normalized spacial score (nSPS) is 10.5. The Kier molecular flexibility index (Phi) is 4.57. The van der Waals surface area contributed by atoms with E-state index in [1.165, 1.54) is 32.5 Å². The van der Waals surface area contributed by atoms with Gasteiger partial charge in [0.25, 0.3) is 0 Å². The Labute approximate surface area is 122 Å². The van der Waals surface area contributed by atoms with E-state index in [0.29, 0.717) is 18.0 Å². The van der Waals surface area contributed by atoms with Crippen LogP contribution < -0.4 is 9.47 Å². The summed E-state index contributed by atoms with van der Waals surface area (Å²) < 4.78 is 25.3. The first kappa shape index (κ1) is 15.0. The molecule has 112 valence electrons. The van der Waals surface area contributed by atoms with Gasteiger partial charge in [-0.05, 0) is 24.6 Å². The third kappa shape index (κ3) is 2.89. The molecule has 0 aliphatic rings. The fourth-order valence-corrected chi connectivity index (χ4v) is 2.07. The predicted molar refractivity (Wildman–Crippen MR) is 75.5 cm³/mol. The molecule has 2 aromatic rings. The van der Waals surface area contributed by atoms with Crippen LogP contribution in [0.5, 0.6) is 11.5 Å². The molecule has 6 heteroatoms. The summed E-state index contributed by atoms with van der Waals surface area (Å²) in [6, 6.07) is 4.10. The predicted octanol–water partition coefficient (Wildman–Crippen LogP) is 2.68. The molecular formula is C15H17FN2O3. The van der Waals surface area contributed by atoms with Crippen molar-refractivity contribution in [1.82, 2.24) is 9.78 Å². The van der Waals surface area contributed by atoms with Gasteiger partial charge < -0.3 is 9.47 Å². The van der Waals surface area contributed by atoms with Gasteiger partial charge in [-0.2, -0.15) is 5.10 Å². The molecule has 21 heavy (non-hydrogen) atoms. The van der Waals surface area contributed by atoms with Crippen LogP contribution >= 0.6 is 0 Å². The molecule has 0 bridgehead atoms. The van der Waals surface area contributed by atoms with E-state index < -0.39 is 5.82 Å². The number of hydrogen-bond donors (Lipinski definition) is 0. The molecule has 0 fully saturated rings. The Hall–Kier alpha value is -2.37. The molecule has 0 aliphatic heterocycles. The van der Waals surface area contributed by atoms with Gasteiger partial charge in [0.1, 0.15) is 0 Å². The third-order valence-electron chi connectivity index (χ3n) is 3.09. The molecule has 1 heterocycles. The first-order valence-electron chi connectivity index (χ1n) is 6.60. The molecule has 0 saturated heterocycles. The molecule has 0 unspecified atom stereocenters. The maximum Gasteiger partial charge on any atom is 0.214 e. The molecular weight excluding hydrogens is 275 g/mol. The largest absolute Gasteiger partial charge is 0.494 e. The quantitative estimate of drug-likeness (QED) is 0.768. The second kappa shape index (κ2) is 6.39. The van der Waals surface area contributed by atoms with Crippen LogP contribution in [0, 0.1) is 5.82 Å².